The highest BCUT2D eigenvalue weighted by molar-refractivity contribution is 4.82. The predicted molar refractivity (Wildman–Crippen MR) is 48.0 cm³/mol. The molecule has 13 heavy (non-hydrogen) atoms. The SMILES string of the molecule is CCC(C)C(O)Cc1nnn(C)n1. The summed E-state index contributed by atoms with van der Waals surface area (Å²) in [4.78, 5) is 1.40. The lowest BCUT2D eigenvalue weighted by molar-refractivity contribution is 0.112. The molecule has 0 spiro atoms. The molecule has 5 nitrogen and oxygen atoms in total. The lowest BCUT2D eigenvalue weighted by atomic mass is 9.99. The molecule has 1 rings (SSSR count). The average molecular weight is 184 g/mol. The highest BCUT2D eigenvalue weighted by Crippen LogP contribution is 2.10. The lowest BCUT2D eigenvalue weighted by Gasteiger charge is -2.14. The van der Waals surface area contributed by atoms with Crippen LogP contribution < -0.4 is 0 Å². The van der Waals surface area contributed by atoms with Crippen molar-refractivity contribution in [3.05, 3.63) is 5.82 Å². The van der Waals surface area contributed by atoms with Crippen LogP contribution in [0.4, 0.5) is 0 Å². The van der Waals surface area contributed by atoms with E-state index >= 15 is 0 Å². The van der Waals surface area contributed by atoms with Crippen molar-refractivity contribution in [3.63, 3.8) is 0 Å². The van der Waals surface area contributed by atoms with E-state index in [1.54, 1.807) is 7.05 Å². The topological polar surface area (TPSA) is 63.8 Å². The summed E-state index contributed by atoms with van der Waals surface area (Å²) in [5, 5.41) is 21.2. The summed E-state index contributed by atoms with van der Waals surface area (Å²) in [5.41, 5.74) is 0. The van der Waals surface area contributed by atoms with Crippen molar-refractivity contribution in [2.75, 3.05) is 0 Å². The lowest BCUT2D eigenvalue weighted by Crippen LogP contribution is -2.20. The Morgan fingerprint density at radius 1 is 1.54 bits per heavy atom. The number of aromatic nitrogens is 4. The van der Waals surface area contributed by atoms with Gasteiger partial charge in [0.25, 0.3) is 0 Å². The molecule has 1 N–H and O–H groups in total. The molecule has 0 radical (unpaired) electrons. The molecule has 0 aliphatic heterocycles. The van der Waals surface area contributed by atoms with Gasteiger partial charge in [0, 0.05) is 6.42 Å². The minimum atomic E-state index is -0.366. The molecule has 1 aromatic heterocycles. The molecule has 5 heteroatoms. The Morgan fingerprint density at radius 3 is 2.69 bits per heavy atom. The molecule has 0 aromatic carbocycles. The number of aliphatic hydroxyl groups is 1. The van der Waals surface area contributed by atoms with E-state index in [9.17, 15) is 5.11 Å². The molecule has 0 amide bonds. The molecule has 0 saturated heterocycles. The van der Waals surface area contributed by atoms with E-state index in [0.717, 1.165) is 6.42 Å². The molecular weight excluding hydrogens is 168 g/mol. The second kappa shape index (κ2) is 4.32. The van der Waals surface area contributed by atoms with Gasteiger partial charge in [-0.05, 0) is 11.1 Å². The van der Waals surface area contributed by atoms with E-state index in [2.05, 4.69) is 22.3 Å². The van der Waals surface area contributed by atoms with Gasteiger partial charge in [0.15, 0.2) is 5.82 Å². The first-order valence-corrected chi connectivity index (χ1v) is 4.54. The van der Waals surface area contributed by atoms with Gasteiger partial charge < -0.3 is 5.11 Å². The van der Waals surface area contributed by atoms with Gasteiger partial charge in [-0.2, -0.15) is 4.80 Å². The summed E-state index contributed by atoms with van der Waals surface area (Å²) < 4.78 is 0. The highest BCUT2D eigenvalue weighted by atomic mass is 16.3. The molecule has 0 fully saturated rings. The number of hydrogen-bond acceptors (Lipinski definition) is 4. The Balaban J connectivity index is 2.49. The van der Waals surface area contributed by atoms with Gasteiger partial charge in [-0.3, -0.25) is 0 Å². The van der Waals surface area contributed by atoms with Gasteiger partial charge in [0.1, 0.15) is 0 Å². The maximum atomic E-state index is 9.66. The minimum absolute atomic E-state index is 0.281. The van der Waals surface area contributed by atoms with Gasteiger partial charge in [0.05, 0.1) is 13.2 Å². The second-order valence-corrected chi connectivity index (χ2v) is 3.35. The predicted octanol–water partition coefficient (Wildman–Crippen LogP) is 0.160. The molecule has 2 atom stereocenters. The van der Waals surface area contributed by atoms with Crippen LogP contribution in [0.2, 0.25) is 0 Å². The van der Waals surface area contributed by atoms with Gasteiger partial charge in [-0.1, -0.05) is 20.3 Å². The number of nitrogens with zero attached hydrogens (tertiary/aromatic N) is 4. The van der Waals surface area contributed by atoms with Gasteiger partial charge >= 0.3 is 0 Å². The summed E-state index contributed by atoms with van der Waals surface area (Å²) in [6, 6.07) is 0. The van der Waals surface area contributed by atoms with Crippen molar-refractivity contribution in [2.24, 2.45) is 13.0 Å². The van der Waals surface area contributed by atoms with E-state index < -0.39 is 0 Å². The largest absolute Gasteiger partial charge is 0.392 e. The van der Waals surface area contributed by atoms with E-state index in [1.165, 1.54) is 4.80 Å². The first-order valence-electron chi connectivity index (χ1n) is 4.54. The zero-order valence-electron chi connectivity index (χ0n) is 8.30. The summed E-state index contributed by atoms with van der Waals surface area (Å²) >= 11 is 0. The molecule has 1 heterocycles. The maximum absolute atomic E-state index is 9.66. The average Bonchev–Trinajstić information content (AvgIpc) is 2.49. The van der Waals surface area contributed by atoms with E-state index in [-0.39, 0.29) is 12.0 Å². The molecular formula is C8H16N4O. The zero-order valence-corrected chi connectivity index (χ0v) is 8.30. The van der Waals surface area contributed by atoms with E-state index in [4.69, 9.17) is 0 Å². The number of aryl methyl sites for hydroxylation is 1. The van der Waals surface area contributed by atoms with Crippen LogP contribution in [-0.4, -0.2) is 31.4 Å². The van der Waals surface area contributed by atoms with Crippen molar-refractivity contribution in [1.29, 1.82) is 0 Å². The molecule has 0 aliphatic carbocycles. The Bertz CT molecular complexity index is 260. The Hall–Kier alpha value is -0.970. The van der Waals surface area contributed by atoms with Crippen molar-refractivity contribution in [2.45, 2.75) is 32.8 Å². The second-order valence-electron chi connectivity index (χ2n) is 3.35. The van der Waals surface area contributed by atoms with Gasteiger partial charge in [0.2, 0.25) is 0 Å². The van der Waals surface area contributed by atoms with E-state index in [0.29, 0.717) is 12.2 Å². The smallest absolute Gasteiger partial charge is 0.177 e. The fourth-order valence-electron chi connectivity index (χ4n) is 1.07. The number of aliphatic hydroxyl groups excluding tert-OH is 1. The molecule has 74 valence electrons. The summed E-state index contributed by atoms with van der Waals surface area (Å²) in [6.07, 6.45) is 1.08. The number of rotatable bonds is 4. The summed E-state index contributed by atoms with van der Waals surface area (Å²) in [6.45, 7) is 4.07. The minimum Gasteiger partial charge on any atom is -0.392 e. The third-order valence-electron chi connectivity index (χ3n) is 2.24. The molecule has 0 aliphatic rings. The molecule has 2 unspecified atom stereocenters. The fourth-order valence-corrected chi connectivity index (χ4v) is 1.07. The van der Waals surface area contributed by atoms with Crippen LogP contribution in [0.1, 0.15) is 26.1 Å². The van der Waals surface area contributed by atoms with Crippen molar-refractivity contribution in [1.82, 2.24) is 20.2 Å². The van der Waals surface area contributed by atoms with Crippen LogP contribution in [0, 0.1) is 5.92 Å². The number of hydrogen-bond donors (Lipinski definition) is 1. The van der Waals surface area contributed by atoms with Crippen LogP contribution >= 0.6 is 0 Å². The van der Waals surface area contributed by atoms with E-state index in [1.807, 2.05) is 6.92 Å². The molecule has 1 aromatic rings. The maximum Gasteiger partial charge on any atom is 0.177 e. The van der Waals surface area contributed by atoms with Crippen molar-refractivity contribution in [3.8, 4) is 0 Å². The zero-order chi connectivity index (χ0) is 9.84. The first-order chi connectivity index (χ1) is 6.13. The van der Waals surface area contributed by atoms with Gasteiger partial charge in [-0.25, -0.2) is 0 Å². The van der Waals surface area contributed by atoms with Crippen LogP contribution in [0.15, 0.2) is 0 Å². The Morgan fingerprint density at radius 2 is 2.23 bits per heavy atom. The molecule has 0 saturated carbocycles. The Kier molecular flexibility index (Phi) is 3.36. The van der Waals surface area contributed by atoms with Crippen molar-refractivity contribution >= 4 is 0 Å². The van der Waals surface area contributed by atoms with Crippen molar-refractivity contribution < 1.29 is 5.11 Å². The van der Waals surface area contributed by atoms with Crippen LogP contribution in [0.25, 0.3) is 0 Å². The van der Waals surface area contributed by atoms with Crippen LogP contribution in [0.5, 0.6) is 0 Å². The normalized spacial score (nSPS) is 15.7. The van der Waals surface area contributed by atoms with Crippen LogP contribution in [-0.2, 0) is 13.5 Å². The number of tetrazole rings is 1. The standard InChI is InChI=1S/C8H16N4O/c1-4-6(2)7(13)5-8-9-11-12(3)10-8/h6-7,13H,4-5H2,1-3H3. The summed E-state index contributed by atoms with van der Waals surface area (Å²) in [7, 11) is 1.71. The highest BCUT2D eigenvalue weighted by Gasteiger charge is 2.15. The quantitative estimate of drug-likeness (QED) is 0.724. The first kappa shape index (κ1) is 10.1. The van der Waals surface area contributed by atoms with Gasteiger partial charge in [-0.15, -0.1) is 10.2 Å². The monoisotopic (exact) mass is 184 g/mol. The molecule has 0 bridgehead atoms. The summed E-state index contributed by atoms with van der Waals surface area (Å²) in [5.74, 6) is 0.888. The Labute approximate surface area is 77.8 Å². The third-order valence-corrected chi connectivity index (χ3v) is 2.24. The third kappa shape index (κ3) is 2.77. The fraction of sp³-hybridized carbons (Fsp3) is 0.875. The van der Waals surface area contributed by atoms with Crippen LogP contribution in [0.3, 0.4) is 0 Å².